The van der Waals surface area contributed by atoms with Crippen molar-refractivity contribution in [2.24, 2.45) is 0 Å². The Balaban J connectivity index is 0.000000230. The van der Waals surface area contributed by atoms with Crippen LogP contribution in [0.3, 0.4) is 0 Å². The summed E-state index contributed by atoms with van der Waals surface area (Å²) in [5, 5.41) is 5.11. The van der Waals surface area contributed by atoms with Crippen LogP contribution in [0.1, 0.15) is 31.9 Å². The standard InChI is InChI=1S/C29H24N.C12H10N.Ir/c1-29(2,3)23-16-17-30-28(19-23)21-14-12-20(13-15-21)27-18-22-8-4-5-9-24(22)25-10-6-7-11-26(25)27;1-10-7-8-12(13-9-10)11-5-3-2-4-6-11;/h4-14,16-19H,1-3H3;2-5,7-9H,1H3;/q2*-1;. The molecule has 219 valence electrons. The zero-order chi connectivity index (χ0) is 29.8. The number of fused-ring (bicyclic) bond motifs is 3. The molecule has 0 unspecified atom stereocenters. The first-order valence-corrected chi connectivity index (χ1v) is 14.7. The predicted octanol–water partition coefficient (Wildman–Crippen LogP) is 10.7. The first kappa shape index (κ1) is 31.0. The van der Waals surface area contributed by atoms with Crippen molar-refractivity contribution < 1.29 is 20.1 Å². The first-order chi connectivity index (χ1) is 20.9. The van der Waals surface area contributed by atoms with Gasteiger partial charge in [-0.2, -0.15) is 0 Å². The number of nitrogens with zero attached hydrogens (tertiary/aromatic N) is 2. The number of aryl methyl sites for hydroxylation is 1. The van der Waals surface area contributed by atoms with E-state index in [9.17, 15) is 0 Å². The fraction of sp³-hybridized carbons (Fsp3) is 0.122. The van der Waals surface area contributed by atoms with Crippen LogP contribution >= 0.6 is 0 Å². The van der Waals surface area contributed by atoms with Crippen molar-refractivity contribution in [1.29, 1.82) is 0 Å². The maximum Gasteiger partial charge on any atom is 0.0190 e. The summed E-state index contributed by atoms with van der Waals surface area (Å²) >= 11 is 0. The summed E-state index contributed by atoms with van der Waals surface area (Å²) < 4.78 is 0. The molecule has 0 aliphatic rings. The van der Waals surface area contributed by atoms with Crippen LogP contribution in [-0.4, -0.2) is 9.97 Å². The van der Waals surface area contributed by atoms with Crippen LogP contribution in [0.15, 0.2) is 134 Å². The summed E-state index contributed by atoms with van der Waals surface area (Å²) in [6.45, 7) is 8.71. The monoisotopic (exact) mass is 747 g/mol. The fourth-order valence-corrected chi connectivity index (χ4v) is 5.27. The van der Waals surface area contributed by atoms with E-state index in [2.05, 4.69) is 134 Å². The van der Waals surface area contributed by atoms with Gasteiger partial charge in [0.25, 0.3) is 0 Å². The van der Waals surface area contributed by atoms with Crippen molar-refractivity contribution in [3.05, 3.63) is 157 Å². The van der Waals surface area contributed by atoms with Crippen LogP contribution in [-0.2, 0) is 25.5 Å². The zero-order valence-corrected chi connectivity index (χ0v) is 27.8. The van der Waals surface area contributed by atoms with Gasteiger partial charge in [-0.15, -0.1) is 65.7 Å². The third kappa shape index (κ3) is 6.86. The van der Waals surface area contributed by atoms with Gasteiger partial charge >= 0.3 is 0 Å². The molecular weight excluding hydrogens is 713 g/mol. The van der Waals surface area contributed by atoms with Gasteiger partial charge < -0.3 is 9.97 Å². The quantitative estimate of drug-likeness (QED) is 0.133. The maximum atomic E-state index is 4.59. The predicted molar refractivity (Wildman–Crippen MR) is 181 cm³/mol. The Hall–Kier alpha value is -4.43. The van der Waals surface area contributed by atoms with Gasteiger partial charge in [0.2, 0.25) is 0 Å². The van der Waals surface area contributed by atoms with E-state index in [1.807, 2.05) is 49.6 Å². The van der Waals surface area contributed by atoms with Crippen molar-refractivity contribution in [2.75, 3.05) is 0 Å². The average molecular weight is 747 g/mol. The molecule has 7 rings (SSSR count). The molecule has 0 saturated heterocycles. The Kier molecular flexibility index (Phi) is 9.49. The van der Waals surface area contributed by atoms with Gasteiger partial charge in [0.1, 0.15) is 0 Å². The van der Waals surface area contributed by atoms with Crippen LogP contribution in [0.2, 0.25) is 0 Å². The number of aromatic nitrogens is 2. The molecule has 0 bridgehead atoms. The van der Waals surface area contributed by atoms with Gasteiger partial charge in [0.05, 0.1) is 0 Å². The molecule has 0 amide bonds. The number of hydrogen-bond donors (Lipinski definition) is 0. The van der Waals surface area contributed by atoms with Gasteiger partial charge in [0, 0.05) is 32.5 Å². The molecule has 7 aromatic rings. The number of rotatable bonds is 3. The fourth-order valence-electron chi connectivity index (χ4n) is 5.27. The molecule has 2 aromatic heterocycles. The molecule has 2 nitrogen and oxygen atoms in total. The van der Waals surface area contributed by atoms with Gasteiger partial charge in [-0.05, 0) is 62.5 Å². The van der Waals surface area contributed by atoms with Crippen LogP contribution in [0.25, 0.3) is 55.2 Å². The van der Waals surface area contributed by atoms with E-state index in [0.717, 1.165) is 22.5 Å². The van der Waals surface area contributed by atoms with E-state index >= 15 is 0 Å². The minimum Gasteiger partial charge on any atom is -0.305 e. The van der Waals surface area contributed by atoms with Gasteiger partial charge in [-0.25, -0.2) is 0 Å². The summed E-state index contributed by atoms with van der Waals surface area (Å²) in [6, 6.07) is 48.8. The molecule has 44 heavy (non-hydrogen) atoms. The zero-order valence-electron chi connectivity index (χ0n) is 25.4. The molecule has 0 aliphatic carbocycles. The van der Waals surface area contributed by atoms with Crippen molar-refractivity contribution in [3.63, 3.8) is 0 Å². The molecule has 0 aliphatic heterocycles. The second kappa shape index (κ2) is 13.5. The number of benzene rings is 5. The summed E-state index contributed by atoms with van der Waals surface area (Å²) in [4.78, 5) is 8.90. The van der Waals surface area contributed by atoms with E-state index in [4.69, 9.17) is 0 Å². The molecule has 1 radical (unpaired) electrons. The summed E-state index contributed by atoms with van der Waals surface area (Å²) in [5.41, 5.74) is 8.99. The van der Waals surface area contributed by atoms with Crippen LogP contribution < -0.4 is 0 Å². The van der Waals surface area contributed by atoms with E-state index in [0.29, 0.717) is 0 Å². The third-order valence-corrected chi connectivity index (χ3v) is 7.69. The first-order valence-electron chi connectivity index (χ1n) is 14.7. The van der Waals surface area contributed by atoms with Crippen molar-refractivity contribution >= 4 is 21.5 Å². The molecular formula is C41H34IrN2-2. The van der Waals surface area contributed by atoms with Crippen LogP contribution in [0.4, 0.5) is 0 Å². The van der Waals surface area contributed by atoms with Gasteiger partial charge in [-0.1, -0.05) is 105 Å². The molecule has 2 heterocycles. The summed E-state index contributed by atoms with van der Waals surface area (Å²) in [7, 11) is 0. The minimum absolute atomic E-state index is 0. The van der Waals surface area contributed by atoms with E-state index in [1.165, 1.54) is 43.8 Å². The smallest absolute Gasteiger partial charge is 0.0190 e. The van der Waals surface area contributed by atoms with E-state index < -0.39 is 0 Å². The second-order valence-corrected chi connectivity index (χ2v) is 11.9. The molecule has 0 atom stereocenters. The molecule has 0 fully saturated rings. The van der Waals surface area contributed by atoms with Crippen molar-refractivity contribution in [2.45, 2.75) is 33.1 Å². The van der Waals surface area contributed by atoms with E-state index in [1.54, 1.807) is 0 Å². The van der Waals surface area contributed by atoms with Gasteiger partial charge in [-0.3, -0.25) is 0 Å². The molecule has 0 N–H and O–H groups in total. The van der Waals surface area contributed by atoms with E-state index in [-0.39, 0.29) is 25.5 Å². The second-order valence-electron chi connectivity index (χ2n) is 11.9. The number of hydrogen-bond acceptors (Lipinski definition) is 2. The molecule has 5 aromatic carbocycles. The average Bonchev–Trinajstić information content (AvgIpc) is 3.05. The Morgan fingerprint density at radius 1 is 0.614 bits per heavy atom. The Bertz CT molecular complexity index is 1990. The Labute approximate surface area is 274 Å². The van der Waals surface area contributed by atoms with Crippen molar-refractivity contribution in [3.8, 4) is 33.6 Å². The topological polar surface area (TPSA) is 25.8 Å². The third-order valence-electron chi connectivity index (χ3n) is 7.69. The van der Waals surface area contributed by atoms with Crippen molar-refractivity contribution in [1.82, 2.24) is 9.97 Å². The van der Waals surface area contributed by atoms with Crippen LogP contribution in [0, 0.1) is 19.1 Å². The Morgan fingerprint density at radius 2 is 1.34 bits per heavy atom. The van der Waals surface area contributed by atoms with Gasteiger partial charge in [0.15, 0.2) is 0 Å². The molecule has 3 heteroatoms. The Morgan fingerprint density at radius 3 is 2.02 bits per heavy atom. The SMILES string of the molecule is CC(C)(C)c1ccnc(-c2[c-]cc(-c3cc4ccccc4c4ccccc34)cc2)c1.Cc1ccc(-c2[c-]cccc2)nc1.[Ir]. The molecule has 0 saturated carbocycles. The number of pyridine rings is 2. The largest absolute Gasteiger partial charge is 0.305 e. The minimum atomic E-state index is 0. The summed E-state index contributed by atoms with van der Waals surface area (Å²) in [5.74, 6) is 0. The van der Waals surface area contributed by atoms with Crippen LogP contribution in [0.5, 0.6) is 0 Å². The summed E-state index contributed by atoms with van der Waals surface area (Å²) in [6.07, 6.45) is 3.77. The normalized spacial score (nSPS) is 11.0. The molecule has 0 spiro atoms. The maximum absolute atomic E-state index is 4.59.